The van der Waals surface area contributed by atoms with Crippen molar-refractivity contribution in [3.63, 3.8) is 0 Å². The van der Waals surface area contributed by atoms with Gasteiger partial charge in [0, 0.05) is 62.4 Å². The number of amides is 1. The zero-order valence-electron chi connectivity index (χ0n) is 23.5. The molecule has 2 aromatic heterocycles. The van der Waals surface area contributed by atoms with E-state index in [0.29, 0.717) is 17.3 Å². The van der Waals surface area contributed by atoms with E-state index in [4.69, 9.17) is 0 Å². The summed E-state index contributed by atoms with van der Waals surface area (Å²) in [6.07, 6.45) is 1.07. The van der Waals surface area contributed by atoms with Gasteiger partial charge in [0.15, 0.2) is 11.9 Å². The third kappa shape index (κ3) is 5.28. The fourth-order valence-corrected chi connectivity index (χ4v) is 6.03. The van der Waals surface area contributed by atoms with Gasteiger partial charge in [-0.25, -0.2) is 14.4 Å². The fraction of sp³-hybridized carbons (Fsp3) is 0.323. The van der Waals surface area contributed by atoms with Gasteiger partial charge in [0.25, 0.3) is 5.91 Å². The quantitative estimate of drug-likeness (QED) is 0.388. The molecular formula is C31H34FN7O2. The molecule has 2 aliphatic rings. The number of carbonyl (C=O) groups is 1. The van der Waals surface area contributed by atoms with Crippen molar-refractivity contribution in [1.82, 2.24) is 19.4 Å². The average Bonchev–Trinajstić information content (AvgIpc) is 3.18. The lowest BCUT2D eigenvalue weighted by Gasteiger charge is -2.42. The average molecular weight is 556 g/mol. The topological polar surface area (TPSA) is 89.8 Å². The molecule has 0 radical (unpaired) electrons. The summed E-state index contributed by atoms with van der Waals surface area (Å²) in [4.78, 5) is 28.5. The molecule has 41 heavy (non-hydrogen) atoms. The smallest absolute Gasteiger partial charge is 0.259 e. The van der Waals surface area contributed by atoms with Gasteiger partial charge < -0.3 is 24.8 Å². The highest BCUT2D eigenvalue weighted by atomic mass is 19.1. The molecule has 1 fully saturated rings. The van der Waals surface area contributed by atoms with Crippen LogP contribution in [0.2, 0.25) is 0 Å². The standard InChI is InChI=1S/C31H34FN7O2/c1-20-13-26(21-7-5-4-6-8-21)28(37(20)3)29(40)30(41)35-24-9-10-27-22(14-24)17-36(2)18-25-19-38(11-12-39(25)27)31-33-15-23(32)16-34-31/h4-10,13-16,25,29,40H,11-12,17-19H2,1-3H3,(H,35,41). The molecule has 0 spiro atoms. The predicted molar refractivity (Wildman–Crippen MR) is 157 cm³/mol. The molecule has 10 heteroatoms. The van der Waals surface area contributed by atoms with E-state index in [9.17, 15) is 14.3 Å². The first-order valence-electron chi connectivity index (χ1n) is 13.8. The lowest BCUT2D eigenvalue weighted by atomic mass is 10.0. The van der Waals surface area contributed by atoms with Gasteiger partial charge in [-0.2, -0.15) is 0 Å². The van der Waals surface area contributed by atoms with Gasteiger partial charge in [-0.1, -0.05) is 30.3 Å². The summed E-state index contributed by atoms with van der Waals surface area (Å²) in [6, 6.07) is 17.9. The van der Waals surface area contributed by atoms with E-state index >= 15 is 0 Å². The summed E-state index contributed by atoms with van der Waals surface area (Å²) in [7, 11) is 3.95. The molecule has 0 bridgehead atoms. The molecule has 1 amide bonds. The number of hydrogen-bond acceptors (Lipinski definition) is 7. The minimum absolute atomic E-state index is 0.197. The molecule has 2 aromatic carbocycles. The Balaban J connectivity index is 1.21. The molecule has 2 unspecified atom stereocenters. The second kappa shape index (κ2) is 10.9. The molecule has 2 N–H and O–H groups in total. The number of likely N-dealkylation sites (N-methyl/N-ethyl adjacent to an activating group) is 1. The Bertz CT molecular complexity index is 1560. The highest BCUT2D eigenvalue weighted by Crippen LogP contribution is 2.34. The van der Waals surface area contributed by atoms with Crippen molar-refractivity contribution in [1.29, 1.82) is 0 Å². The van der Waals surface area contributed by atoms with E-state index in [-0.39, 0.29) is 6.04 Å². The molecule has 1 saturated heterocycles. The molecule has 2 atom stereocenters. The van der Waals surface area contributed by atoms with Crippen LogP contribution in [-0.4, -0.2) is 69.7 Å². The number of aliphatic hydroxyl groups excluding tert-OH is 1. The van der Waals surface area contributed by atoms with Crippen molar-refractivity contribution in [3.05, 3.63) is 89.8 Å². The number of hydrogen-bond donors (Lipinski definition) is 2. The third-order valence-corrected chi connectivity index (χ3v) is 8.10. The summed E-state index contributed by atoms with van der Waals surface area (Å²) in [5.41, 5.74) is 6.19. The highest BCUT2D eigenvalue weighted by Gasteiger charge is 2.33. The van der Waals surface area contributed by atoms with Crippen LogP contribution in [-0.2, 0) is 18.4 Å². The second-order valence-electron chi connectivity index (χ2n) is 10.9. The summed E-state index contributed by atoms with van der Waals surface area (Å²) in [5, 5.41) is 14.2. The Morgan fingerprint density at radius 2 is 1.80 bits per heavy atom. The maximum atomic E-state index is 13.3. The Labute approximate surface area is 238 Å². The van der Waals surface area contributed by atoms with Crippen molar-refractivity contribution in [3.8, 4) is 11.1 Å². The number of nitrogens with zero attached hydrogens (tertiary/aromatic N) is 6. The number of piperazine rings is 1. The largest absolute Gasteiger partial charge is 0.377 e. The minimum Gasteiger partial charge on any atom is -0.377 e. The monoisotopic (exact) mass is 555 g/mol. The first-order chi connectivity index (χ1) is 19.8. The Morgan fingerprint density at radius 1 is 1.05 bits per heavy atom. The predicted octanol–water partition coefficient (Wildman–Crippen LogP) is 3.74. The number of aliphatic hydroxyl groups is 1. The molecule has 2 aliphatic heterocycles. The van der Waals surface area contributed by atoms with Gasteiger partial charge in [-0.3, -0.25) is 9.69 Å². The minimum atomic E-state index is -1.34. The van der Waals surface area contributed by atoms with Crippen LogP contribution in [0.4, 0.5) is 21.7 Å². The van der Waals surface area contributed by atoms with Crippen LogP contribution in [0.5, 0.6) is 0 Å². The van der Waals surface area contributed by atoms with Gasteiger partial charge in [-0.15, -0.1) is 0 Å². The van der Waals surface area contributed by atoms with E-state index in [0.717, 1.165) is 60.8 Å². The van der Waals surface area contributed by atoms with Gasteiger partial charge in [0.05, 0.1) is 24.1 Å². The number of aryl methyl sites for hydroxylation is 1. The number of anilines is 3. The zero-order chi connectivity index (χ0) is 28.7. The van der Waals surface area contributed by atoms with Crippen molar-refractivity contribution >= 4 is 23.2 Å². The van der Waals surface area contributed by atoms with Gasteiger partial charge in [-0.05, 0) is 49.4 Å². The summed E-state index contributed by atoms with van der Waals surface area (Å²) >= 11 is 0. The van der Waals surface area contributed by atoms with Crippen LogP contribution in [0.25, 0.3) is 11.1 Å². The van der Waals surface area contributed by atoms with Crippen LogP contribution in [0.3, 0.4) is 0 Å². The lowest BCUT2D eigenvalue weighted by Crippen LogP contribution is -2.56. The van der Waals surface area contributed by atoms with E-state index in [1.165, 1.54) is 12.4 Å². The van der Waals surface area contributed by atoms with Crippen LogP contribution >= 0.6 is 0 Å². The number of aromatic nitrogens is 3. The highest BCUT2D eigenvalue weighted by molar-refractivity contribution is 5.96. The maximum absolute atomic E-state index is 13.3. The van der Waals surface area contributed by atoms with Crippen LogP contribution in [0, 0.1) is 12.7 Å². The molecule has 6 rings (SSSR count). The first kappa shape index (κ1) is 26.9. The summed E-state index contributed by atoms with van der Waals surface area (Å²) in [6.45, 7) is 5.73. The molecular weight excluding hydrogens is 521 g/mol. The van der Waals surface area contributed by atoms with Crippen molar-refractivity contribution < 1.29 is 14.3 Å². The third-order valence-electron chi connectivity index (χ3n) is 8.10. The van der Waals surface area contributed by atoms with Crippen molar-refractivity contribution in [2.24, 2.45) is 7.05 Å². The maximum Gasteiger partial charge on any atom is 0.259 e. The molecule has 0 aliphatic carbocycles. The van der Waals surface area contributed by atoms with E-state index in [1.54, 1.807) is 0 Å². The molecule has 9 nitrogen and oxygen atoms in total. The summed E-state index contributed by atoms with van der Waals surface area (Å²) < 4.78 is 15.2. The Morgan fingerprint density at radius 3 is 2.56 bits per heavy atom. The van der Waals surface area contributed by atoms with Crippen LogP contribution in [0.1, 0.15) is 23.1 Å². The SMILES string of the molecule is Cc1cc(-c2ccccc2)c(C(O)C(=O)Nc2ccc3c(c2)CN(C)CC2CN(c4ncc(F)cn4)CCN32)n1C. The summed E-state index contributed by atoms with van der Waals surface area (Å²) in [5.74, 6) is -0.379. The van der Waals surface area contributed by atoms with E-state index in [2.05, 4.69) is 43.1 Å². The number of carbonyl (C=O) groups excluding carboxylic acids is 1. The van der Waals surface area contributed by atoms with Crippen molar-refractivity contribution in [2.45, 2.75) is 25.6 Å². The van der Waals surface area contributed by atoms with Gasteiger partial charge in [0.1, 0.15) is 0 Å². The van der Waals surface area contributed by atoms with E-state index < -0.39 is 17.8 Å². The van der Waals surface area contributed by atoms with E-state index in [1.807, 2.05) is 67.1 Å². The van der Waals surface area contributed by atoms with Crippen LogP contribution < -0.4 is 15.1 Å². The zero-order valence-corrected chi connectivity index (χ0v) is 23.5. The molecule has 4 aromatic rings. The number of halogens is 1. The lowest BCUT2D eigenvalue weighted by molar-refractivity contribution is -0.124. The second-order valence-corrected chi connectivity index (χ2v) is 10.9. The van der Waals surface area contributed by atoms with Crippen LogP contribution in [0.15, 0.2) is 67.0 Å². The number of nitrogens with one attached hydrogen (secondary N) is 1. The number of fused-ring (bicyclic) bond motifs is 3. The first-order valence-corrected chi connectivity index (χ1v) is 13.8. The number of benzene rings is 2. The number of rotatable bonds is 5. The molecule has 0 saturated carbocycles. The van der Waals surface area contributed by atoms with Gasteiger partial charge in [0.2, 0.25) is 5.95 Å². The van der Waals surface area contributed by atoms with Gasteiger partial charge >= 0.3 is 0 Å². The Kier molecular flexibility index (Phi) is 7.19. The Hall–Kier alpha value is -4.28. The van der Waals surface area contributed by atoms with Crippen molar-refractivity contribution in [2.75, 3.05) is 48.3 Å². The normalized spacial score (nSPS) is 17.9. The molecule has 212 valence electrons. The molecule has 4 heterocycles. The fourth-order valence-electron chi connectivity index (χ4n) is 6.03.